The van der Waals surface area contributed by atoms with Crippen molar-refractivity contribution in [2.45, 2.75) is 185 Å². The number of unbranched alkanes of at least 4 members (excludes halogenated alkanes) is 4. The highest BCUT2D eigenvalue weighted by Crippen LogP contribution is 2.47. The number of carbonyl (C=O) groups is 2. The number of phosphoric ester groups is 1. The smallest absolute Gasteiger partial charge is 0.462 e. The molecule has 0 aliphatic heterocycles. The average Bonchev–Trinajstić information content (AvgIpc) is 3.30. The van der Waals surface area contributed by atoms with Crippen LogP contribution in [-0.4, -0.2) is 110 Å². The number of hydrogen-bond donors (Lipinski definition) is 7. The summed E-state index contributed by atoms with van der Waals surface area (Å²) < 4.78 is 33.4. The molecule has 0 radical (unpaired) electrons. The van der Waals surface area contributed by atoms with Crippen molar-refractivity contribution in [2.24, 2.45) is 0 Å². The SMILES string of the molecule is CC/C=C\C/C=C\C/C=C\C/C=C\C/C=C\CCCCCC(=O)OC[C@H](COP(=O)(O)OC1[C@H](O)[C@H](O)C(O)[C@H](O)[C@H]1O)OC(=O)CCC/C=C\C/C=C\C/C=C\C/C=C\CC[C@H](O)CC. The summed E-state index contributed by atoms with van der Waals surface area (Å²) >= 11 is 0. The maximum atomic E-state index is 12.8. The van der Waals surface area contributed by atoms with Gasteiger partial charge in [-0.2, -0.15) is 0 Å². The van der Waals surface area contributed by atoms with Gasteiger partial charge in [0.1, 0.15) is 43.2 Å². The average molecular weight is 949 g/mol. The molecule has 0 heterocycles. The molecule has 0 saturated heterocycles. The van der Waals surface area contributed by atoms with Gasteiger partial charge >= 0.3 is 19.8 Å². The van der Waals surface area contributed by atoms with Gasteiger partial charge in [-0.05, 0) is 103 Å². The van der Waals surface area contributed by atoms with Crippen LogP contribution in [0.15, 0.2) is 109 Å². The van der Waals surface area contributed by atoms with Crippen molar-refractivity contribution < 1.29 is 68.2 Å². The largest absolute Gasteiger partial charge is 0.472 e. The van der Waals surface area contributed by atoms with Crippen LogP contribution in [-0.2, 0) is 32.7 Å². The van der Waals surface area contributed by atoms with Crippen LogP contribution in [0.3, 0.4) is 0 Å². The number of allylic oxidation sites excluding steroid dienone is 18. The molecule has 1 rings (SSSR count). The number of carbonyl (C=O) groups excluding carboxylic acids is 2. The number of phosphoric acid groups is 1. The molecule has 1 aliphatic rings. The summed E-state index contributed by atoms with van der Waals surface area (Å²) in [5, 5.41) is 59.8. The highest BCUT2D eigenvalue weighted by molar-refractivity contribution is 7.47. The minimum Gasteiger partial charge on any atom is -0.462 e. The van der Waals surface area contributed by atoms with Gasteiger partial charge in [-0.25, -0.2) is 4.57 Å². The second-order valence-electron chi connectivity index (χ2n) is 16.0. The molecule has 1 aliphatic carbocycles. The van der Waals surface area contributed by atoms with Gasteiger partial charge in [0.25, 0.3) is 0 Å². The molecule has 1 saturated carbocycles. The fourth-order valence-corrected chi connectivity index (χ4v) is 7.26. The van der Waals surface area contributed by atoms with E-state index in [-0.39, 0.29) is 18.9 Å². The predicted octanol–water partition coefficient (Wildman–Crippen LogP) is 8.58. The molecular formula is C51H81O14P. The topological polar surface area (TPSA) is 230 Å². The monoisotopic (exact) mass is 949 g/mol. The third-order valence-electron chi connectivity index (χ3n) is 10.3. The zero-order valence-electron chi connectivity index (χ0n) is 39.3. The molecule has 374 valence electrons. The van der Waals surface area contributed by atoms with Crippen LogP contribution in [0.25, 0.3) is 0 Å². The lowest BCUT2D eigenvalue weighted by Crippen LogP contribution is -2.64. The Balaban J connectivity index is 2.53. The van der Waals surface area contributed by atoms with E-state index in [2.05, 4.69) is 98.1 Å². The Bertz CT molecular complexity index is 1580. The molecule has 1 fully saturated rings. The fourth-order valence-electron chi connectivity index (χ4n) is 6.28. The zero-order valence-corrected chi connectivity index (χ0v) is 40.2. The quantitative estimate of drug-likeness (QED) is 0.0134. The molecule has 0 aromatic rings. The molecule has 15 heteroatoms. The van der Waals surface area contributed by atoms with Crippen LogP contribution < -0.4 is 0 Å². The summed E-state index contributed by atoms with van der Waals surface area (Å²) in [7, 11) is -5.16. The maximum absolute atomic E-state index is 12.8. The van der Waals surface area contributed by atoms with E-state index in [0.717, 1.165) is 89.9 Å². The fraction of sp³-hybridized carbons (Fsp3) is 0.608. The molecule has 0 aromatic carbocycles. The number of aliphatic hydroxyl groups is 6. The Hall–Kier alpha value is -3.53. The van der Waals surface area contributed by atoms with Gasteiger partial charge in [0.05, 0.1) is 12.7 Å². The van der Waals surface area contributed by atoms with E-state index >= 15 is 0 Å². The summed E-state index contributed by atoms with van der Waals surface area (Å²) in [5.74, 6) is -1.23. The first-order valence-corrected chi connectivity index (χ1v) is 25.3. The molecule has 0 bridgehead atoms. The highest BCUT2D eigenvalue weighted by Gasteiger charge is 2.51. The number of rotatable bonds is 37. The van der Waals surface area contributed by atoms with Gasteiger partial charge in [0.15, 0.2) is 6.10 Å². The van der Waals surface area contributed by atoms with Crippen molar-refractivity contribution in [3.8, 4) is 0 Å². The first-order chi connectivity index (χ1) is 31.8. The highest BCUT2D eigenvalue weighted by atomic mass is 31.2. The molecule has 7 N–H and O–H groups in total. The maximum Gasteiger partial charge on any atom is 0.472 e. The van der Waals surface area contributed by atoms with Crippen LogP contribution in [0.5, 0.6) is 0 Å². The van der Waals surface area contributed by atoms with Gasteiger partial charge < -0.3 is 45.0 Å². The summed E-state index contributed by atoms with van der Waals surface area (Å²) in [5.41, 5.74) is 0. The lowest BCUT2D eigenvalue weighted by molar-refractivity contribution is -0.220. The van der Waals surface area contributed by atoms with Crippen molar-refractivity contribution in [3.63, 3.8) is 0 Å². The van der Waals surface area contributed by atoms with Crippen LogP contribution >= 0.6 is 7.82 Å². The number of esters is 2. The van der Waals surface area contributed by atoms with Crippen LogP contribution in [0.1, 0.15) is 136 Å². The second-order valence-corrected chi connectivity index (χ2v) is 17.4. The van der Waals surface area contributed by atoms with Crippen molar-refractivity contribution in [2.75, 3.05) is 13.2 Å². The summed E-state index contributed by atoms with van der Waals surface area (Å²) in [6, 6.07) is 0. The minimum atomic E-state index is -5.16. The molecule has 0 spiro atoms. The van der Waals surface area contributed by atoms with E-state index in [1.807, 2.05) is 25.2 Å². The van der Waals surface area contributed by atoms with E-state index in [1.54, 1.807) is 0 Å². The molecule has 0 amide bonds. The number of ether oxygens (including phenoxy) is 2. The summed E-state index contributed by atoms with van der Waals surface area (Å²) in [4.78, 5) is 35.7. The zero-order chi connectivity index (χ0) is 48.7. The second kappa shape index (κ2) is 39.5. The normalized spacial score (nSPS) is 22.7. The van der Waals surface area contributed by atoms with Gasteiger partial charge in [-0.1, -0.05) is 130 Å². The van der Waals surface area contributed by atoms with Crippen molar-refractivity contribution >= 4 is 19.8 Å². The van der Waals surface area contributed by atoms with Gasteiger partial charge in [0, 0.05) is 12.8 Å². The van der Waals surface area contributed by atoms with E-state index in [4.69, 9.17) is 18.5 Å². The van der Waals surface area contributed by atoms with E-state index in [0.29, 0.717) is 19.3 Å². The first kappa shape index (κ1) is 60.5. The standard InChI is InChI=1S/C51H81O14P/c1-3-5-6-7-8-9-10-11-12-13-14-15-16-20-23-26-29-32-35-38-44(53)62-40-43(41-63-66(60,61)65-51-49(58)47(56)46(55)48(57)50(51)59)64-45(54)39-36-33-30-27-24-21-18-17-19-22-25-28-31-34-37-42(52)4-2/h5-6,8-9,11-12,14-15,18-23,27-28,30-31,42-43,46-52,55-59H,3-4,7,10,13,16-17,24-26,29,32-41H2,1-2H3,(H,60,61)/b6-5-,9-8-,12-11-,15-14-,21-18-,22-19-,23-20-,30-27-,31-28-/t42-,43-,46?,47-,48+,49-,50-,51?/m1/s1. The first-order valence-electron chi connectivity index (χ1n) is 23.8. The van der Waals surface area contributed by atoms with Crippen LogP contribution in [0.2, 0.25) is 0 Å². The van der Waals surface area contributed by atoms with Crippen LogP contribution in [0, 0.1) is 0 Å². The van der Waals surface area contributed by atoms with Crippen LogP contribution in [0.4, 0.5) is 0 Å². The van der Waals surface area contributed by atoms with E-state index < -0.39 is 75.7 Å². The predicted molar refractivity (Wildman–Crippen MR) is 259 cm³/mol. The van der Waals surface area contributed by atoms with Gasteiger partial charge in [-0.3, -0.25) is 18.6 Å². The summed E-state index contributed by atoms with van der Waals surface area (Å²) in [6.45, 7) is 2.82. The number of aliphatic hydroxyl groups excluding tert-OH is 6. The Morgan fingerprint density at radius 3 is 1.44 bits per heavy atom. The molecule has 3 unspecified atom stereocenters. The third kappa shape index (κ3) is 31.4. The molecular weight excluding hydrogens is 868 g/mol. The molecule has 9 atom stereocenters. The third-order valence-corrected chi connectivity index (χ3v) is 11.2. The lowest BCUT2D eigenvalue weighted by Gasteiger charge is -2.41. The van der Waals surface area contributed by atoms with Crippen molar-refractivity contribution in [1.82, 2.24) is 0 Å². The Morgan fingerprint density at radius 2 is 0.955 bits per heavy atom. The molecule has 0 aromatic heterocycles. The van der Waals surface area contributed by atoms with Crippen molar-refractivity contribution in [3.05, 3.63) is 109 Å². The Morgan fingerprint density at radius 1 is 0.530 bits per heavy atom. The van der Waals surface area contributed by atoms with Gasteiger partial charge in [0.2, 0.25) is 0 Å². The van der Waals surface area contributed by atoms with E-state index in [1.165, 1.54) is 0 Å². The van der Waals surface area contributed by atoms with Gasteiger partial charge in [-0.15, -0.1) is 0 Å². The minimum absolute atomic E-state index is 0.00715. The molecule has 66 heavy (non-hydrogen) atoms. The number of hydrogen-bond acceptors (Lipinski definition) is 13. The molecule has 14 nitrogen and oxygen atoms in total. The Kier molecular flexibility index (Phi) is 36.2. The Labute approximate surface area is 394 Å². The van der Waals surface area contributed by atoms with Crippen molar-refractivity contribution in [1.29, 1.82) is 0 Å². The summed E-state index contributed by atoms with van der Waals surface area (Å²) in [6.07, 6.45) is 38.0. The van der Waals surface area contributed by atoms with E-state index in [9.17, 15) is 49.7 Å². The lowest BCUT2D eigenvalue weighted by atomic mass is 9.85.